The van der Waals surface area contributed by atoms with Crippen molar-refractivity contribution in [3.8, 4) is 0 Å². The minimum absolute atomic E-state index is 0.223. The van der Waals surface area contributed by atoms with Crippen molar-refractivity contribution in [3.05, 3.63) is 0 Å². The molecule has 3 heterocycles. The van der Waals surface area contributed by atoms with E-state index in [2.05, 4.69) is 0 Å². The second-order valence-corrected chi connectivity index (χ2v) is 6.92. The van der Waals surface area contributed by atoms with E-state index in [0.717, 1.165) is 6.42 Å². The molecule has 0 radical (unpaired) electrons. The molecule has 3 aliphatic heterocycles. The Bertz CT molecular complexity index is 401. The Kier molecular flexibility index (Phi) is 4.50. The summed E-state index contributed by atoms with van der Waals surface area (Å²) in [6, 6.07) is 0. The summed E-state index contributed by atoms with van der Waals surface area (Å²) in [6.07, 6.45) is -0.630. The van der Waals surface area contributed by atoms with E-state index < -0.39 is 17.9 Å². The molecule has 0 aromatic heterocycles. The fraction of sp³-hybridized carbons (Fsp3) is 1.00. The first-order valence-corrected chi connectivity index (χ1v) is 7.96. The molecule has 128 valence electrons. The van der Waals surface area contributed by atoms with Gasteiger partial charge < -0.3 is 34.2 Å². The summed E-state index contributed by atoms with van der Waals surface area (Å²) in [4.78, 5) is 0. The van der Waals surface area contributed by atoms with E-state index in [0.29, 0.717) is 19.8 Å². The van der Waals surface area contributed by atoms with Crippen LogP contribution in [0.15, 0.2) is 0 Å². The molecule has 3 fully saturated rings. The number of ether oxygens (including phenoxy) is 6. The molecule has 3 rings (SSSR count). The van der Waals surface area contributed by atoms with Gasteiger partial charge in [0.2, 0.25) is 0 Å². The average molecular weight is 317 g/mol. The molecule has 3 aliphatic rings. The first-order chi connectivity index (χ1) is 10.3. The zero-order valence-electron chi connectivity index (χ0n) is 13.7. The maximum Gasteiger partial charge on any atom is 0.190 e. The quantitative estimate of drug-likeness (QED) is 0.749. The molecule has 3 saturated heterocycles. The summed E-state index contributed by atoms with van der Waals surface area (Å²) in [5.41, 5.74) is 5.48. The second kappa shape index (κ2) is 5.98. The van der Waals surface area contributed by atoms with Gasteiger partial charge in [0.05, 0.1) is 6.61 Å². The van der Waals surface area contributed by atoms with E-state index in [1.165, 1.54) is 0 Å². The molecule has 7 heteroatoms. The number of nitrogens with two attached hydrogens (primary N) is 1. The van der Waals surface area contributed by atoms with Crippen LogP contribution in [0.5, 0.6) is 0 Å². The Hall–Kier alpha value is -0.280. The zero-order chi connectivity index (χ0) is 16.0. The van der Waals surface area contributed by atoms with Gasteiger partial charge in [0, 0.05) is 6.61 Å². The van der Waals surface area contributed by atoms with Crippen LogP contribution >= 0.6 is 0 Å². The van der Waals surface area contributed by atoms with Crippen LogP contribution < -0.4 is 5.73 Å². The van der Waals surface area contributed by atoms with Crippen LogP contribution in [0.25, 0.3) is 0 Å². The lowest BCUT2D eigenvalue weighted by molar-refractivity contribution is -0.243. The van der Waals surface area contributed by atoms with Crippen molar-refractivity contribution in [1.29, 1.82) is 0 Å². The predicted molar refractivity (Wildman–Crippen MR) is 77.0 cm³/mol. The SMILES string of the molecule is CC1(C)O[C@H]2[C@@H](O1)[C@@H](COCCCN)O[C@@H]1OC(C)(C)O[C@@H]12. The first-order valence-electron chi connectivity index (χ1n) is 7.96. The van der Waals surface area contributed by atoms with Gasteiger partial charge in [-0.25, -0.2) is 0 Å². The monoisotopic (exact) mass is 317 g/mol. The molecule has 7 nitrogen and oxygen atoms in total. The third-order valence-corrected chi connectivity index (χ3v) is 4.03. The van der Waals surface area contributed by atoms with Gasteiger partial charge in [-0.3, -0.25) is 0 Å². The van der Waals surface area contributed by atoms with E-state index in [-0.39, 0.29) is 24.4 Å². The molecule has 0 saturated carbocycles. The average Bonchev–Trinajstić information content (AvgIpc) is 2.89. The van der Waals surface area contributed by atoms with E-state index in [1.54, 1.807) is 0 Å². The molecular formula is C15H27NO6. The maximum atomic E-state index is 6.03. The van der Waals surface area contributed by atoms with Gasteiger partial charge in [0.15, 0.2) is 17.9 Å². The minimum Gasteiger partial charge on any atom is -0.379 e. The molecule has 22 heavy (non-hydrogen) atoms. The minimum atomic E-state index is -0.689. The normalized spacial score (nSPS) is 42.1. The molecule has 2 N–H and O–H groups in total. The highest BCUT2D eigenvalue weighted by molar-refractivity contribution is 5.00. The zero-order valence-corrected chi connectivity index (χ0v) is 13.7. The molecule has 0 spiro atoms. The summed E-state index contributed by atoms with van der Waals surface area (Å²) in [5, 5.41) is 0. The molecule has 0 aromatic carbocycles. The lowest BCUT2D eigenvalue weighted by atomic mass is 9.99. The highest BCUT2D eigenvalue weighted by atomic mass is 16.9. The van der Waals surface area contributed by atoms with Crippen LogP contribution in [-0.4, -0.2) is 62.0 Å². The van der Waals surface area contributed by atoms with E-state index in [4.69, 9.17) is 34.2 Å². The van der Waals surface area contributed by atoms with Crippen molar-refractivity contribution >= 4 is 0 Å². The largest absolute Gasteiger partial charge is 0.379 e. The Labute approximate surface area is 131 Å². The Morgan fingerprint density at radius 1 is 0.909 bits per heavy atom. The van der Waals surface area contributed by atoms with Gasteiger partial charge in [-0.1, -0.05) is 0 Å². The van der Waals surface area contributed by atoms with Gasteiger partial charge in [-0.05, 0) is 40.7 Å². The van der Waals surface area contributed by atoms with Crippen molar-refractivity contribution in [2.75, 3.05) is 19.8 Å². The fourth-order valence-electron chi connectivity index (χ4n) is 3.21. The van der Waals surface area contributed by atoms with Crippen molar-refractivity contribution in [2.24, 2.45) is 5.73 Å². The topological polar surface area (TPSA) is 81.4 Å². The van der Waals surface area contributed by atoms with E-state index in [1.807, 2.05) is 27.7 Å². The van der Waals surface area contributed by atoms with Crippen LogP contribution in [0, 0.1) is 0 Å². The molecule has 0 amide bonds. The molecule has 0 unspecified atom stereocenters. The second-order valence-electron chi connectivity index (χ2n) is 6.92. The smallest absolute Gasteiger partial charge is 0.190 e. The summed E-state index contributed by atoms with van der Waals surface area (Å²) in [5.74, 6) is -1.36. The lowest BCUT2D eigenvalue weighted by Gasteiger charge is -2.37. The van der Waals surface area contributed by atoms with Gasteiger partial charge in [0.25, 0.3) is 0 Å². The van der Waals surface area contributed by atoms with E-state index in [9.17, 15) is 0 Å². The maximum absolute atomic E-state index is 6.03. The third kappa shape index (κ3) is 3.31. The summed E-state index contributed by atoms with van der Waals surface area (Å²) in [6.45, 7) is 9.18. The fourth-order valence-corrected chi connectivity index (χ4v) is 3.21. The van der Waals surface area contributed by atoms with Crippen LogP contribution in [0.2, 0.25) is 0 Å². The van der Waals surface area contributed by atoms with E-state index >= 15 is 0 Å². The lowest BCUT2D eigenvalue weighted by Crippen LogP contribution is -2.56. The number of fused-ring (bicyclic) bond motifs is 3. The van der Waals surface area contributed by atoms with Gasteiger partial charge >= 0.3 is 0 Å². The number of rotatable bonds is 5. The standard InChI is InChI=1S/C15H27NO6/c1-14(2)19-10-9(8-17-7-5-6-16)18-13-12(11(10)20-14)21-15(3,4)22-13/h9-13H,5-8,16H2,1-4H3/t9-,10+,11+,12-,13-/m1/s1. The Morgan fingerprint density at radius 2 is 1.55 bits per heavy atom. The summed E-state index contributed by atoms with van der Waals surface area (Å²) >= 11 is 0. The molecule has 0 bridgehead atoms. The van der Waals surface area contributed by atoms with Crippen LogP contribution in [0.4, 0.5) is 0 Å². The predicted octanol–water partition coefficient (Wildman–Crippen LogP) is 0.748. The van der Waals surface area contributed by atoms with Crippen molar-refractivity contribution in [3.63, 3.8) is 0 Å². The van der Waals surface area contributed by atoms with Crippen LogP contribution in [0.1, 0.15) is 34.1 Å². The van der Waals surface area contributed by atoms with Crippen LogP contribution in [-0.2, 0) is 28.4 Å². The van der Waals surface area contributed by atoms with Crippen molar-refractivity contribution in [2.45, 2.75) is 76.4 Å². The number of hydrogen-bond acceptors (Lipinski definition) is 7. The molecule has 0 aliphatic carbocycles. The third-order valence-electron chi connectivity index (χ3n) is 4.03. The highest BCUT2D eigenvalue weighted by Crippen LogP contribution is 2.44. The Morgan fingerprint density at radius 3 is 2.27 bits per heavy atom. The molecule has 5 atom stereocenters. The summed E-state index contributed by atoms with van der Waals surface area (Å²) < 4.78 is 35.5. The van der Waals surface area contributed by atoms with Gasteiger partial charge in [0.1, 0.15) is 24.4 Å². The van der Waals surface area contributed by atoms with Crippen molar-refractivity contribution in [1.82, 2.24) is 0 Å². The molecule has 0 aromatic rings. The summed E-state index contributed by atoms with van der Waals surface area (Å²) in [7, 11) is 0. The Balaban J connectivity index is 1.69. The van der Waals surface area contributed by atoms with Gasteiger partial charge in [-0.15, -0.1) is 0 Å². The highest BCUT2D eigenvalue weighted by Gasteiger charge is 2.60. The van der Waals surface area contributed by atoms with Gasteiger partial charge in [-0.2, -0.15) is 0 Å². The number of hydrogen-bond donors (Lipinski definition) is 1. The van der Waals surface area contributed by atoms with Crippen molar-refractivity contribution < 1.29 is 28.4 Å². The first kappa shape index (κ1) is 16.6. The van der Waals surface area contributed by atoms with Crippen LogP contribution in [0.3, 0.4) is 0 Å². The molecular weight excluding hydrogens is 290 g/mol.